The smallest absolute Gasteiger partial charge is 0.340 e. The molecule has 176 valence electrons. The van der Waals surface area contributed by atoms with E-state index < -0.39 is 10.1 Å². The maximum absolute atomic E-state index is 13.2. The van der Waals surface area contributed by atoms with E-state index in [2.05, 4.69) is 0 Å². The summed E-state index contributed by atoms with van der Waals surface area (Å²) in [6, 6.07) is 14.1. The molecule has 0 unspecified atom stereocenters. The van der Waals surface area contributed by atoms with Crippen LogP contribution in [0.1, 0.15) is 28.2 Å². The quantitative estimate of drug-likeness (QED) is 0.450. The highest BCUT2D eigenvalue weighted by atomic mass is 35.5. The molecule has 0 N–H and O–H groups in total. The van der Waals surface area contributed by atoms with Crippen molar-refractivity contribution in [1.29, 1.82) is 0 Å². The van der Waals surface area contributed by atoms with Crippen molar-refractivity contribution in [2.75, 3.05) is 28.4 Å². The number of rotatable bonds is 5. The first kappa shape index (κ1) is 22.4. The first-order valence-corrected chi connectivity index (χ1v) is 12.1. The number of allylic oxidation sites excluding steroid dienone is 1. The zero-order valence-electron chi connectivity index (χ0n) is 18.8. The molecule has 34 heavy (non-hydrogen) atoms. The van der Waals surface area contributed by atoms with E-state index in [9.17, 15) is 8.42 Å². The maximum atomic E-state index is 13.2. The molecule has 1 atom stereocenters. The van der Waals surface area contributed by atoms with Gasteiger partial charge in [-0.1, -0.05) is 23.7 Å². The van der Waals surface area contributed by atoms with Crippen LogP contribution in [0.25, 0.3) is 11.3 Å². The number of halogens is 1. The van der Waals surface area contributed by atoms with Crippen LogP contribution in [0, 0.1) is 0 Å². The van der Waals surface area contributed by atoms with Gasteiger partial charge in [0.05, 0.1) is 28.4 Å². The standard InChI is InChI=1S/C25H21ClO7S/c1-29-18-9-15-16(10-19(18)30-2)25-24(23(15)13-5-7-14(26)8-6-13)17-11-20(31-3)21(32-4)12-22(17)34(27,28)33-25/h5-12,23H,1-4H3/t23-/m0/s1. The molecule has 0 saturated carbocycles. The van der Waals surface area contributed by atoms with Gasteiger partial charge in [-0.05, 0) is 41.5 Å². The van der Waals surface area contributed by atoms with Gasteiger partial charge in [-0.2, -0.15) is 8.42 Å². The summed E-state index contributed by atoms with van der Waals surface area (Å²) in [6.45, 7) is 0. The molecule has 0 fully saturated rings. The Bertz CT molecular complexity index is 1440. The minimum Gasteiger partial charge on any atom is -0.493 e. The Hall–Kier alpha value is -3.36. The molecular formula is C25H21ClO7S. The SMILES string of the molecule is COc1cc2c(cc1OC)[C@H](c1ccc(Cl)cc1)C1=C2OS(=O)(=O)c2cc(OC)c(OC)cc21. The highest BCUT2D eigenvalue weighted by molar-refractivity contribution is 7.87. The van der Waals surface area contributed by atoms with E-state index in [0.29, 0.717) is 44.7 Å². The van der Waals surface area contributed by atoms with Crippen molar-refractivity contribution in [3.8, 4) is 23.0 Å². The second-order valence-corrected chi connectivity index (χ2v) is 9.71. The van der Waals surface area contributed by atoms with Gasteiger partial charge >= 0.3 is 10.1 Å². The van der Waals surface area contributed by atoms with Gasteiger partial charge < -0.3 is 23.1 Å². The number of benzene rings is 3. The second-order valence-electron chi connectivity index (χ2n) is 7.76. The van der Waals surface area contributed by atoms with Crippen LogP contribution in [0.4, 0.5) is 0 Å². The monoisotopic (exact) mass is 500 g/mol. The van der Waals surface area contributed by atoms with E-state index in [-0.39, 0.29) is 16.6 Å². The third-order valence-electron chi connectivity index (χ3n) is 6.09. The molecule has 3 aromatic carbocycles. The van der Waals surface area contributed by atoms with E-state index in [1.54, 1.807) is 31.4 Å². The largest absolute Gasteiger partial charge is 0.493 e. The van der Waals surface area contributed by atoms with Gasteiger partial charge in [0.15, 0.2) is 28.8 Å². The summed E-state index contributed by atoms with van der Waals surface area (Å²) in [7, 11) is 1.90. The Morgan fingerprint density at radius 3 is 1.88 bits per heavy atom. The molecule has 1 aliphatic carbocycles. The van der Waals surface area contributed by atoms with E-state index in [4.69, 9.17) is 34.7 Å². The van der Waals surface area contributed by atoms with Crippen molar-refractivity contribution < 1.29 is 31.5 Å². The van der Waals surface area contributed by atoms with Gasteiger partial charge in [0.1, 0.15) is 4.90 Å². The number of methoxy groups -OCH3 is 4. The molecule has 1 aliphatic heterocycles. The average Bonchev–Trinajstić information content (AvgIpc) is 3.15. The van der Waals surface area contributed by atoms with Gasteiger partial charge in [-0.15, -0.1) is 0 Å². The number of fused-ring (bicyclic) bond motifs is 4. The predicted molar refractivity (Wildman–Crippen MR) is 127 cm³/mol. The van der Waals surface area contributed by atoms with Gasteiger partial charge in [-0.3, -0.25) is 0 Å². The molecule has 0 amide bonds. The maximum Gasteiger partial charge on any atom is 0.340 e. The number of hydrogen-bond acceptors (Lipinski definition) is 7. The fraction of sp³-hybridized carbons (Fsp3) is 0.200. The third-order valence-corrected chi connectivity index (χ3v) is 7.60. The predicted octanol–water partition coefficient (Wildman–Crippen LogP) is 5.11. The zero-order valence-corrected chi connectivity index (χ0v) is 20.4. The van der Waals surface area contributed by atoms with Crippen LogP contribution in [0.15, 0.2) is 53.4 Å². The molecule has 0 saturated heterocycles. The van der Waals surface area contributed by atoms with Crippen molar-refractivity contribution in [1.82, 2.24) is 0 Å². The fourth-order valence-electron chi connectivity index (χ4n) is 4.56. The number of ether oxygens (including phenoxy) is 4. The van der Waals surface area contributed by atoms with Crippen LogP contribution >= 0.6 is 11.6 Å². The lowest BCUT2D eigenvalue weighted by molar-refractivity contribution is 0.353. The minimum atomic E-state index is -4.13. The molecule has 3 aromatic rings. The summed E-state index contributed by atoms with van der Waals surface area (Å²) >= 11 is 6.15. The van der Waals surface area contributed by atoms with E-state index in [0.717, 1.165) is 11.1 Å². The first-order chi connectivity index (χ1) is 16.3. The van der Waals surface area contributed by atoms with Gasteiger partial charge in [0.2, 0.25) is 0 Å². The van der Waals surface area contributed by atoms with E-state index >= 15 is 0 Å². The molecule has 7 nitrogen and oxygen atoms in total. The normalized spacial score (nSPS) is 17.3. The van der Waals surface area contributed by atoms with Crippen LogP contribution in [0.3, 0.4) is 0 Å². The van der Waals surface area contributed by atoms with Gasteiger partial charge in [0.25, 0.3) is 0 Å². The highest BCUT2D eigenvalue weighted by Gasteiger charge is 2.44. The van der Waals surface area contributed by atoms with Crippen LogP contribution < -0.4 is 18.9 Å². The molecule has 9 heteroatoms. The Labute approximate surface area is 202 Å². The first-order valence-electron chi connectivity index (χ1n) is 10.3. The van der Waals surface area contributed by atoms with E-state index in [1.165, 1.54) is 27.4 Å². The summed E-state index contributed by atoms with van der Waals surface area (Å²) in [5.41, 5.74) is 3.51. The molecule has 5 rings (SSSR count). The van der Waals surface area contributed by atoms with Crippen LogP contribution in [-0.2, 0) is 14.3 Å². The molecule has 0 radical (unpaired) electrons. The van der Waals surface area contributed by atoms with Crippen molar-refractivity contribution in [2.24, 2.45) is 0 Å². The summed E-state index contributed by atoms with van der Waals surface area (Å²) < 4.78 is 54.0. The summed E-state index contributed by atoms with van der Waals surface area (Å²) in [5.74, 6) is 1.58. The molecule has 0 aromatic heterocycles. The Kier molecular flexibility index (Phi) is 5.37. The average molecular weight is 501 g/mol. The number of hydrogen-bond donors (Lipinski definition) is 0. The lowest BCUT2D eigenvalue weighted by Gasteiger charge is -2.25. The third kappa shape index (κ3) is 3.28. The molecule has 0 bridgehead atoms. The Morgan fingerprint density at radius 1 is 0.765 bits per heavy atom. The van der Waals surface area contributed by atoms with Gasteiger partial charge in [0, 0.05) is 33.7 Å². The Balaban J connectivity index is 1.86. The van der Waals surface area contributed by atoms with Crippen molar-refractivity contribution >= 4 is 33.1 Å². The van der Waals surface area contributed by atoms with E-state index in [1.807, 2.05) is 18.2 Å². The minimum absolute atomic E-state index is 0.00889. The lowest BCUT2D eigenvalue weighted by atomic mass is 9.85. The lowest BCUT2D eigenvalue weighted by Crippen LogP contribution is -2.15. The zero-order chi connectivity index (χ0) is 24.2. The summed E-state index contributed by atoms with van der Waals surface area (Å²) in [6.07, 6.45) is 0. The van der Waals surface area contributed by atoms with Crippen LogP contribution in [0.2, 0.25) is 5.02 Å². The van der Waals surface area contributed by atoms with Crippen LogP contribution in [-0.4, -0.2) is 36.9 Å². The fourth-order valence-corrected chi connectivity index (χ4v) is 5.87. The van der Waals surface area contributed by atoms with Gasteiger partial charge in [-0.25, -0.2) is 0 Å². The molecule has 2 aliphatic rings. The second kappa shape index (κ2) is 8.14. The van der Waals surface area contributed by atoms with Crippen molar-refractivity contribution in [3.63, 3.8) is 0 Å². The van der Waals surface area contributed by atoms with Crippen molar-refractivity contribution in [3.05, 3.63) is 75.8 Å². The summed E-state index contributed by atoms with van der Waals surface area (Å²) in [5, 5.41) is 0.595. The summed E-state index contributed by atoms with van der Waals surface area (Å²) in [4.78, 5) is 0.00889. The molecule has 1 heterocycles. The molecular weight excluding hydrogens is 480 g/mol. The van der Waals surface area contributed by atoms with Crippen LogP contribution in [0.5, 0.6) is 23.0 Å². The topological polar surface area (TPSA) is 80.3 Å². The van der Waals surface area contributed by atoms with Crippen molar-refractivity contribution in [2.45, 2.75) is 10.8 Å². The Morgan fingerprint density at radius 2 is 1.29 bits per heavy atom. The molecule has 0 spiro atoms. The highest BCUT2D eigenvalue weighted by Crippen LogP contribution is 2.57.